The average Bonchev–Trinajstić information content (AvgIpc) is 3.45. The molecule has 396 valence electrons. The molecule has 15 rings (SSSR count). The Morgan fingerprint density at radius 2 is 0.818 bits per heavy atom. The van der Waals surface area contributed by atoms with Crippen LogP contribution in [0.25, 0.3) is 22.1 Å². The Morgan fingerprint density at radius 3 is 1.32 bits per heavy atom. The Bertz CT molecular complexity index is 3720. The summed E-state index contributed by atoms with van der Waals surface area (Å²) in [4.78, 5) is 5.38. The third-order valence-electron chi connectivity index (χ3n) is 22.7. The average molecular weight is 1020 g/mol. The molecule has 0 amide bonds. The maximum absolute atomic E-state index is 7.84. The van der Waals surface area contributed by atoms with Gasteiger partial charge in [-0.1, -0.05) is 133 Å². The molecule has 7 aromatic rings. The van der Waals surface area contributed by atoms with Crippen LogP contribution in [0.1, 0.15) is 222 Å². The molecule has 8 aliphatic rings. The van der Waals surface area contributed by atoms with Crippen molar-refractivity contribution in [1.29, 1.82) is 0 Å². The van der Waals surface area contributed by atoms with Crippen LogP contribution in [0.5, 0.6) is 0 Å². The molecule has 0 unspecified atom stereocenters. The van der Waals surface area contributed by atoms with Crippen molar-refractivity contribution < 1.29 is 4.42 Å². The fraction of sp³-hybridized carbons (Fsp3) is 0.479. The predicted octanol–water partition coefficient (Wildman–Crippen LogP) is 18.3. The molecule has 6 aromatic carbocycles. The van der Waals surface area contributed by atoms with Gasteiger partial charge in [0.15, 0.2) is 0 Å². The zero-order valence-corrected chi connectivity index (χ0v) is 50.0. The summed E-state index contributed by atoms with van der Waals surface area (Å²) in [7, 11) is 0. The molecule has 3 heterocycles. The molecular weight excluding hydrogens is 932 g/mol. The number of anilines is 6. The molecule has 4 heteroatoms. The lowest BCUT2D eigenvalue weighted by atomic mass is 9.33. The summed E-state index contributed by atoms with van der Waals surface area (Å²) in [6.07, 6.45) is 12.0. The van der Waals surface area contributed by atoms with E-state index in [0.717, 1.165) is 24.3 Å². The molecule has 2 aliphatic heterocycles. The molecule has 77 heavy (non-hydrogen) atoms. The minimum atomic E-state index is -0.0672. The van der Waals surface area contributed by atoms with Crippen molar-refractivity contribution in [2.75, 3.05) is 9.80 Å². The molecule has 0 N–H and O–H groups in total. The maximum atomic E-state index is 7.84. The van der Waals surface area contributed by atoms with Gasteiger partial charge in [0.1, 0.15) is 5.58 Å². The van der Waals surface area contributed by atoms with Gasteiger partial charge in [-0.25, -0.2) is 0 Å². The zero-order chi connectivity index (χ0) is 54.3. The monoisotopic (exact) mass is 1020 g/mol. The Morgan fingerprint density at radius 1 is 0.390 bits per heavy atom. The number of hydrogen-bond acceptors (Lipinski definition) is 3. The minimum Gasteiger partial charge on any atom is -0.440 e. The van der Waals surface area contributed by atoms with E-state index >= 15 is 0 Å². The van der Waals surface area contributed by atoms with Crippen molar-refractivity contribution >= 4 is 68.4 Å². The summed E-state index contributed by atoms with van der Waals surface area (Å²) >= 11 is 0. The highest BCUT2D eigenvalue weighted by Gasteiger charge is 2.52. The van der Waals surface area contributed by atoms with Gasteiger partial charge >= 0.3 is 0 Å². The largest absolute Gasteiger partial charge is 0.440 e. The summed E-state index contributed by atoms with van der Waals surface area (Å²) in [6.45, 7) is 41.8. The number of aryl methyl sites for hydroxylation is 3. The van der Waals surface area contributed by atoms with Gasteiger partial charge in [0.25, 0.3) is 6.71 Å². The van der Waals surface area contributed by atoms with Crippen molar-refractivity contribution in [1.82, 2.24) is 0 Å². The molecule has 2 bridgehead atoms. The fourth-order valence-corrected chi connectivity index (χ4v) is 17.3. The highest BCUT2D eigenvalue weighted by atomic mass is 16.4. The van der Waals surface area contributed by atoms with Crippen LogP contribution in [0.3, 0.4) is 0 Å². The smallest absolute Gasteiger partial charge is 0.257 e. The zero-order valence-electron chi connectivity index (χ0n) is 50.0. The van der Waals surface area contributed by atoms with E-state index in [0.29, 0.717) is 0 Å². The van der Waals surface area contributed by atoms with E-state index < -0.39 is 0 Å². The standard InChI is InChI=1S/C73H85BN2O/c1-42-32-43(2)62(44(3)33-42)45-34-59-64-60(35-45)76(47-19-21-50-52(37-47)69(10,11)25-23-67(50,6)7)65-63(48-38-55-56(41-61(48)77-65)73(17)30-28-72(55,16)29-31-73)74(64)57-39-53-54(71(14,15)27-26-70(53,12)13)40-58(57)75(59)46-18-20-49-51(36-46)68(8,9)24-22-66(49,4)5/h18-21,32-41H,22-31H2,1-17H3. The maximum Gasteiger partial charge on any atom is 0.257 e. The van der Waals surface area contributed by atoms with E-state index in [2.05, 4.69) is 212 Å². The van der Waals surface area contributed by atoms with Crippen molar-refractivity contribution in [3.05, 3.63) is 146 Å². The third-order valence-corrected chi connectivity index (χ3v) is 22.7. The number of hydrogen-bond donors (Lipinski definition) is 0. The number of furan rings is 1. The van der Waals surface area contributed by atoms with Crippen LogP contribution in [-0.4, -0.2) is 6.71 Å². The van der Waals surface area contributed by atoms with Gasteiger partial charge in [-0.15, -0.1) is 0 Å². The second-order valence-corrected chi connectivity index (χ2v) is 30.9. The van der Waals surface area contributed by atoms with Gasteiger partial charge in [-0.3, -0.25) is 4.90 Å². The number of rotatable bonds is 3. The van der Waals surface area contributed by atoms with E-state index in [1.54, 1.807) is 5.56 Å². The third kappa shape index (κ3) is 6.87. The minimum absolute atomic E-state index is 0.0203. The number of benzene rings is 6. The van der Waals surface area contributed by atoms with E-state index in [4.69, 9.17) is 4.42 Å². The summed E-state index contributed by atoms with van der Waals surface area (Å²) in [5, 5.41) is 1.30. The Hall–Kier alpha value is -5.48. The van der Waals surface area contributed by atoms with Crippen LogP contribution in [0.4, 0.5) is 34.3 Å². The van der Waals surface area contributed by atoms with Crippen LogP contribution >= 0.6 is 0 Å². The first-order valence-corrected chi connectivity index (χ1v) is 30.0. The lowest BCUT2D eigenvalue weighted by Crippen LogP contribution is -2.61. The van der Waals surface area contributed by atoms with Crippen molar-refractivity contribution in [3.8, 4) is 11.1 Å². The predicted molar refractivity (Wildman–Crippen MR) is 329 cm³/mol. The summed E-state index contributed by atoms with van der Waals surface area (Å²) in [5.41, 5.74) is 30.7. The molecular formula is C73H85BN2O. The second kappa shape index (κ2) is 15.5. The van der Waals surface area contributed by atoms with Crippen LogP contribution in [0, 0.1) is 20.8 Å². The van der Waals surface area contributed by atoms with Crippen LogP contribution in [0.2, 0.25) is 0 Å². The quantitative estimate of drug-likeness (QED) is 0.164. The van der Waals surface area contributed by atoms with Gasteiger partial charge in [0.05, 0.1) is 0 Å². The molecule has 1 fully saturated rings. The molecule has 0 saturated heterocycles. The summed E-state index contributed by atoms with van der Waals surface area (Å²) < 4.78 is 7.84. The van der Waals surface area contributed by atoms with E-state index in [1.807, 2.05) is 0 Å². The first-order chi connectivity index (χ1) is 36.0. The van der Waals surface area contributed by atoms with Crippen LogP contribution in [-0.2, 0) is 43.3 Å². The number of nitrogens with zero attached hydrogens (tertiary/aromatic N) is 2. The molecule has 0 spiro atoms. The van der Waals surface area contributed by atoms with E-state index in [1.165, 1.54) is 168 Å². The Kier molecular flexibility index (Phi) is 9.99. The first kappa shape index (κ1) is 49.8. The Balaban J connectivity index is 1.16. The first-order valence-electron chi connectivity index (χ1n) is 30.0. The highest BCUT2D eigenvalue weighted by Crippen LogP contribution is 2.59. The lowest BCUT2D eigenvalue weighted by molar-refractivity contribution is 0.188. The molecule has 0 radical (unpaired) electrons. The lowest BCUT2D eigenvalue weighted by Gasteiger charge is -2.52. The van der Waals surface area contributed by atoms with Crippen molar-refractivity contribution in [3.63, 3.8) is 0 Å². The van der Waals surface area contributed by atoms with Crippen LogP contribution in [0.15, 0.2) is 89.3 Å². The Labute approximate surface area is 462 Å². The van der Waals surface area contributed by atoms with Gasteiger partial charge < -0.3 is 9.32 Å². The molecule has 0 atom stereocenters. The van der Waals surface area contributed by atoms with E-state index in [-0.39, 0.29) is 50.0 Å². The summed E-state index contributed by atoms with van der Waals surface area (Å²) in [6, 6.07) is 35.8. The van der Waals surface area contributed by atoms with Gasteiger partial charge in [-0.2, -0.15) is 0 Å². The van der Waals surface area contributed by atoms with Crippen LogP contribution < -0.4 is 26.2 Å². The summed E-state index contributed by atoms with van der Waals surface area (Å²) in [5.74, 6) is 0.991. The van der Waals surface area contributed by atoms with Gasteiger partial charge in [-0.05, 0) is 261 Å². The normalized spacial score (nSPS) is 24.8. The number of fused-ring (bicyclic) bond motifs is 11. The molecule has 1 aromatic heterocycles. The SMILES string of the molecule is Cc1cc(C)c(-c2cc3c4c(c2)N(c2ccc5c(c2)C(C)(C)CCC5(C)C)c2oc5cc6c(cc5c2B4c2cc4c(cc2N3c2ccc3c(c2)C(C)(C)CCC3(C)C)C(C)(C)CCC4(C)C)C2(C)CCC6(C)CC2)c(C)c1. The van der Waals surface area contributed by atoms with Gasteiger partial charge in [0, 0.05) is 39.3 Å². The topological polar surface area (TPSA) is 19.6 Å². The molecule has 3 nitrogen and oxygen atoms in total. The second-order valence-electron chi connectivity index (χ2n) is 30.9. The van der Waals surface area contributed by atoms with Gasteiger partial charge in [0.2, 0.25) is 5.88 Å². The molecule has 6 aliphatic carbocycles. The fourth-order valence-electron chi connectivity index (χ4n) is 17.3. The molecule has 1 saturated carbocycles. The van der Waals surface area contributed by atoms with Crippen molar-refractivity contribution in [2.24, 2.45) is 0 Å². The van der Waals surface area contributed by atoms with Crippen molar-refractivity contribution in [2.45, 2.75) is 225 Å². The van der Waals surface area contributed by atoms with E-state index in [9.17, 15) is 0 Å². The highest BCUT2D eigenvalue weighted by molar-refractivity contribution is 7.01.